The Morgan fingerprint density at radius 2 is 2.29 bits per heavy atom. The van der Waals surface area contributed by atoms with Crippen LogP contribution in [0.25, 0.3) is 0 Å². The standard InChI is InChI=1S/C9H17NO2S.ClH/c10-6-2-5-9(8(11)12)4-1-3-7(9)13;/h7,13H,1-6,10H2,(H,11,12);1H/t7-,9-;/m0./s1. The summed E-state index contributed by atoms with van der Waals surface area (Å²) in [4.78, 5) is 11.2. The minimum atomic E-state index is -0.696. The van der Waals surface area contributed by atoms with Crippen molar-refractivity contribution in [1.82, 2.24) is 0 Å². The van der Waals surface area contributed by atoms with E-state index in [1.54, 1.807) is 0 Å². The minimum Gasteiger partial charge on any atom is -0.481 e. The number of carboxylic acids is 1. The predicted octanol–water partition coefficient (Wildman–Crippen LogP) is 1.70. The smallest absolute Gasteiger partial charge is 0.310 e. The molecule has 3 N–H and O–H groups in total. The molecule has 1 aliphatic rings. The summed E-state index contributed by atoms with van der Waals surface area (Å²) in [5.41, 5.74) is 4.80. The summed E-state index contributed by atoms with van der Waals surface area (Å²) >= 11 is 4.36. The summed E-state index contributed by atoms with van der Waals surface area (Å²) in [6.45, 7) is 0.565. The van der Waals surface area contributed by atoms with Crippen molar-refractivity contribution in [2.75, 3.05) is 6.54 Å². The lowest BCUT2D eigenvalue weighted by atomic mass is 9.81. The van der Waals surface area contributed by atoms with E-state index in [1.807, 2.05) is 0 Å². The first-order valence-electron chi connectivity index (χ1n) is 4.75. The van der Waals surface area contributed by atoms with Crippen LogP contribution in [-0.4, -0.2) is 22.9 Å². The maximum Gasteiger partial charge on any atom is 0.310 e. The molecule has 0 aromatic rings. The Bertz CT molecular complexity index is 203. The van der Waals surface area contributed by atoms with Gasteiger partial charge in [-0.2, -0.15) is 12.6 Å². The Morgan fingerprint density at radius 3 is 2.64 bits per heavy atom. The van der Waals surface area contributed by atoms with E-state index in [2.05, 4.69) is 12.6 Å². The van der Waals surface area contributed by atoms with E-state index in [1.165, 1.54) is 0 Å². The molecule has 0 unspecified atom stereocenters. The Balaban J connectivity index is 0.00000169. The van der Waals surface area contributed by atoms with Gasteiger partial charge in [0.1, 0.15) is 0 Å². The highest BCUT2D eigenvalue weighted by Gasteiger charge is 2.46. The molecule has 5 heteroatoms. The van der Waals surface area contributed by atoms with Gasteiger partial charge in [0, 0.05) is 5.25 Å². The van der Waals surface area contributed by atoms with Gasteiger partial charge in [0.05, 0.1) is 5.41 Å². The number of thiol groups is 1. The Labute approximate surface area is 96.3 Å². The van der Waals surface area contributed by atoms with Crippen molar-refractivity contribution in [3.8, 4) is 0 Å². The molecule has 1 saturated carbocycles. The molecule has 0 spiro atoms. The van der Waals surface area contributed by atoms with Gasteiger partial charge in [-0.15, -0.1) is 12.4 Å². The van der Waals surface area contributed by atoms with Crippen LogP contribution in [0.5, 0.6) is 0 Å². The zero-order valence-corrected chi connectivity index (χ0v) is 9.82. The summed E-state index contributed by atoms with van der Waals surface area (Å²) < 4.78 is 0. The second-order valence-corrected chi connectivity index (χ2v) is 4.38. The fourth-order valence-electron chi connectivity index (χ4n) is 2.12. The first kappa shape index (κ1) is 14.1. The molecule has 0 bridgehead atoms. The molecule has 84 valence electrons. The number of nitrogens with two attached hydrogens (primary N) is 1. The zero-order valence-electron chi connectivity index (χ0n) is 8.11. The van der Waals surface area contributed by atoms with Gasteiger partial charge in [-0.3, -0.25) is 4.79 Å². The molecular weight excluding hydrogens is 222 g/mol. The van der Waals surface area contributed by atoms with E-state index in [0.29, 0.717) is 13.0 Å². The predicted molar refractivity (Wildman–Crippen MR) is 62.2 cm³/mol. The highest BCUT2D eigenvalue weighted by molar-refractivity contribution is 7.81. The molecule has 0 aliphatic heterocycles. The third-order valence-corrected chi connectivity index (χ3v) is 3.74. The van der Waals surface area contributed by atoms with Crippen LogP contribution in [0.15, 0.2) is 0 Å². The Hall–Kier alpha value is 0.0700. The van der Waals surface area contributed by atoms with Crippen molar-refractivity contribution in [3.05, 3.63) is 0 Å². The van der Waals surface area contributed by atoms with E-state index in [0.717, 1.165) is 25.7 Å². The number of hydrogen-bond acceptors (Lipinski definition) is 3. The van der Waals surface area contributed by atoms with Gasteiger partial charge in [-0.25, -0.2) is 0 Å². The molecule has 1 rings (SSSR count). The van der Waals surface area contributed by atoms with Crippen LogP contribution in [0.1, 0.15) is 32.1 Å². The number of aliphatic carboxylic acids is 1. The summed E-state index contributed by atoms with van der Waals surface area (Å²) in [6, 6.07) is 0. The molecule has 0 heterocycles. The molecule has 0 saturated heterocycles. The molecular formula is C9H18ClNO2S. The van der Waals surface area contributed by atoms with Gasteiger partial charge >= 0.3 is 5.97 Å². The molecule has 0 aromatic heterocycles. The summed E-state index contributed by atoms with van der Waals surface area (Å²) in [7, 11) is 0. The van der Waals surface area contributed by atoms with E-state index in [4.69, 9.17) is 5.73 Å². The van der Waals surface area contributed by atoms with Crippen LogP contribution in [-0.2, 0) is 4.79 Å². The van der Waals surface area contributed by atoms with Gasteiger partial charge in [0.25, 0.3) is 0 Å². The lowest BCUT2D eigenvalue weighted by Crippen LogP contribution is -2.36. The van der Waals surface area contributed by atoms with Crippen LogP contribution >= 0.6 is 25.0 Å². The summed E-state index contributed by atoms with van der Waals surface area (Å²) in [5, 5.41) is 9.18. The van der Waals surface area contributed by atoms with Gasteiger partial charge in [-0.05, 0) is 32.2 Å². The molecule has 3 nitrogen and oxygen atoms in total. The molecule has 14 heavy (non-hydrogen) atoms. The van der Waals surface area contributed by atoms with Crippen molar-refractivity contribution < 1.29 is 9.90 Å². The lowest BCUT2D eigenvalue weighted by Gasteiger charge is -2.28. The van der Waals surface area contributed by atoms with Gasteiger partial charge in [-0.1, -0.05) is 6.42 Å². The molecule has 1 fully saturated rings. The largest absolute Gasteiger partial charge is 0.481 e. The fourth-order valence-corrected chi connectivity index (χ4v) is 2.67. The van der Waals surface area contributed by atoms with Crippen LogP contribution < -0.4 is 5.73 Å². The first-order valence-corrected chi connectivity index (χ1v) is 5.26. The van der Waals surface area contributed by atoms with E-state index >= 15 is 0 Å². The number of halogens is 1. The van der Waals surface area contributed by atoms with Crippen LogP contribution in [0.4, 0.5) is 0 Å². The number of rotatable bonds is 4. The monoisotopic (exact) mass is 239 g/mol. The maximum atomic E-state index is 11.2. The lowest BCUT2D eigenvalue weighted by molar-refractivity contribution is -0.148. The first-order chi connectivity index (χ1) is 6.13. The average Bonchev–Trinajstić information content (AvgIpc) is 2.45. The number of carbonyl (C=O) groups is 1. The second kappa shape index (κ2) is 5.83. The fraction of sp³-hybridized carbons (Fsp3) is 0.889. The quantitative estimate of drug-likeness (QED) is 0.655. The zero-order chi connectivity index (χ0) is 9.90. The average molecular weight is 240 g/mol. The van der Waals surface area contributed by atoms with E-state index in [-0.39, 0.29) is 17.7 Å². The highest BCUT2D eigenvalue weighted by atomic mass is 35.5. The van der Waals surface area contributed by atoms with Crippen LogP contribution in [0.2, 0.25) is 0 Å². The number of carboxylic acid groups (broad SMARTS) is 1. The molecule has 0 radical (unpaired) electrons. The second-order valence-electron chi connectivity index (χ2n) is 3.76. The van der Waals surface area contributed by atoms with Crippen LogP contribution in [0, 0.1) is 5.41 Å². The van der Waals surface area contributed by atoms with Crippen molar-refractivity contribution in [3.63, 3.8) is 0 Å². The van der Waals surface area contributed by atoms with Crippen molar-refractivity contribution in [2.24, 2.45) is 11.1 Å². The third kappa shape index (κ3) is 2.55. The Morgan fingerprint density at radius 1 is 1.64 bits per heavy atom. The summed E-state index contributed by atoms with van der Waals surface area (Å²) in [5.74, 6) is -0.696. The molecule has 2 atom stereocenters. The maximum absolute atomic E-state index is 11.2. The SMILES string of the molecule is Cl.NCCC[C@@]1(C(=O)O)CCC[C@@H]1S. The van der Waals surface area contributed by atoms with Crippen LogP contribution in [0.3, 0.4) is 0 Å². The van der Waals surface area contributed by atoms with Crippen molar-refractivity contribution in [1.29, 1.82) is 0 Å². The van der Waals surface area contributed by atoms with Gasteiger partial charge < -0.3 is 10.8 Å². The third-order valence-electron chi connectivity index (χ3n) is 2.99. The van der Waals surface area contributed by atoms with Gasteiger partial charge in [0.2, 0.25) is 0 Å². The van der Waals surface area contributed by atoms with E-state index in [9.17, 15) is 9.90 Å². The van der Waals surface area contributed by atoms with E-state index < -0.39 is 11.4 Å². The molecule has 0 aromatic carbocycles. The molecule has 1 aliphatic carbocycles. The van der Waals surface area contributed by atoms with Crippen molar-refractivity contribution in [2.45, 2.75) is 37.4 Å². The minimum absolute atomic E-state index is 0. The topological polar surface area (TPSA) is 63.3 Å². The summed E-state index contributed by atoms with van der Waals surface area (Å²) in [6.07, 6.45) is 4.11. The Kier molecular flexibility index (Phi) is 5.86. The van der Waals surface area contributed by atoms with Crippen molar-refractivity contribution >= 4 is 31.0 Å². The normalized spacial score (nSPS) is 31.1. The number of hydrogen-bond donors (Lipinski definition) is 3. The molecule has 0 amide bonds. The van der Waals surface area contributed by atoms with Gasteiger partial charge in [0.15, 0.2) is 0 Å². The highest BCUT2D eigenvalue weighted by Crippen LogP contribution is 2.45.